The van der Waals surface area contributed by atoms with E-state index in [0.29, 0.717) is 35.9 Å². The van der Waals surface area contributed by atoms with Crippen molar-refractivity contribution < 1.29 is 14.0 Å². The normalized spacial score (nSPS) is 11.7. The molecular weight excluding hydrogens is 390 g/mol. The van der Waals surface area contributed by atoms with Crippen LogP contribution in [0.15, 0.2) is 42.5 Å². The lowest BCUT2D eigenvalue weighted by molar-refractivity contribution is -0.123. The van der Waals surface area contributed by atoms with E-state index >= 15 is 0 Å². The molecule has 0 aromatic heterocycles. The van der Waals surface area contributed by atoms with Gasteiger partial charge in [-0.3, -0.25) is 9.59 Å². The van der Waals surface area contributed by atoms with Crippen LogP contribution in [0.4, 0.5) is 4.39 Å². The quantitative estimate of drug-likeness (QED) is 0.677. The fourth-order valence-electron chi connectivity index (χ4n) is 2.60. The number of benzene rings is 2. The molecule has 1 atom stereocenters. The van der Waals surface area contributed by atoms with Gasteiger partial charge in [0.1, 0.15) is 11.9 Å². The summed E-state index contributed by atoms with van der Waals surface area (Å²) in [5, 5.41) is 6.57. The molecule has 0 aliphatic heterocycles. The van der Waals surface area contributed by atoms with E-state index in [0.717, 1.165) is 11.6 Å². The molecule has 0 saturated carbocycles. The number of carbonyl (C=O) groups is 2. The minimum atomic E-state index is -0.688. The van der Waals surface area contributed by atoms with E-state index in [1.54, 1.807) is 12.1 Å². The Bertz CT molecular complexity index is 814. The highest BCUT2D eigenvalue weighted by Crippen LogP contribution is 2.21. The van der Waals surface area contributed by atoms with Crippen molar-refractivity contribution in [2.45, 2.75) is 32.2 Å². The first-order valence-electron chi connectivity index (χ1n) is 8.68. The van der Waals surface area contributed by atoms with Crippen LogP contribution in [0.3, 0.4) is 0 Å². The number of carbonyl (C=O) groups excluding carboxylic acids is 2. The fourth-order valence-corrected chi connectivity index (χ4v) is 3.10. The van der Waals surface area contributed by atoms with Gasteiger partial charge in [-0.1, -0.05) is 48.7 Å². The van der Waals surface area contributed by atoms with Gasteiger partial charge >= 0.3 is 0 Å². The van der Waals surface area contributed by atoms with Gasteiger partial charge in [0.2, 0.25) is 5.91 Å². The average Bonchev–Trinajstić information content (AvgIpc) is 2.63. The summed E-state index contributed by atoms with van der Waals surface area (Å²) in [4.78, 5) is 24.7. The molecule has 2 aromatic rings. The first-order chi connectivity index (χ1) is 12.9. The second kappa shape index (κ2) is 10.3. The predicted octanol–water partition coefficient (Wildman–Crippen LogP) is 4.39. The molecule has 0 heterocycles. The van der Waals surface area contributed by atoms with Crippen LogP contribution in [0.5, 0.6) is 0 Å². The lowest BCUT2D eigenvalue weighted by atomic mass is 10.1. The monoisotopic (exact) mass is 410 g/mol. The summed E-state index contributed by atoms with van der Waals surface area (Å²) in [5.74, 6) is -1.27. The summed E-state index contributed by atoms with van der Waals surface area (Å²) in [6.07, 6.45) is 1.73. The smallest absolute Gasteiger partial charge is 0.252 e. The Hall–Kier alpha value is -2.11. The molecule has 27 heavy (non-hydrogen) atoms. The second-order valence-electron chi connectivity index (χ2n) is 6.10. The third kappa shape index (κ3) is 6.52. The number of hydrogen-bond donors (Lipinski definition) is 2. The largest absolute Gasteiger partial charge is 0.354 e. The van der Waals surface area contributed by atoms with Gasteiger partial charge in [-0.05, 0) is 48.7 Å². The van der Waals surface area contributed by atoms with Gasteiger partial charge in [0.15, 0.2) is 0 Å². The number of hydrogen-bond acceptors (Lipinski definition) is 2. The maximum absolute atomic E-state index is 13.3. The summed E-state index contributed by atoms with van der Waals surface area (Å²) in [5.41, 5.74) is 1.05. The van der Waals surface area contributed by atoms with E-state index in [1.165, 1.54) is 18.2 Å². The zero-order valence-electron chi connectivity index (χ0n) is 14.9. The molecule has 7 heteroatoms. The number of halogens is 3. The number of amides is 2. The van der Waals surface area contributed by atoms with Crippen molar-refractivity contribution in [2.75, 3.05) is 6.54 Å². The van der Waals surface area contributed by atoms with Crippen LogP contribution < -0.4 is 10.6 Å². The van der Waals surface area contributed by atoms with E-state index in [-0.39, 0.29) is 11.5 Å². The molecule has 1 unspecified atom stereocenters. The Balaban J connectivity index is 1.92. The maximum atomic E-state index is 13.3. The van der Waals surface area contributed by atoms with Crippen molar-refractivity contribution in [3.8, 4) is 0 Å². The summed E-state index contributed by atoms with van der Waals surface area (Å²) >= 11 is 12.0. The fraction of sp³-hybridized carbons (Fsp3) is 0.300. The molecule has 0 bridgehead atoms. The molecular formula is C20H21Cl2FN2O2. The lowest BCUT2D eigenvalue weighted by Gasteiger charge is -2.18. The first kappa shape index (κ1) is 21.2. The van der Waals surface area contributed by atoms with Gasteiger partial charge in [-0.25, -0.2) is 4.39 Å². The highest BCUT2D eigenvalue weighted by atomic mass is 35.5. The van der Waals surface area contributed by atoms with Gasteiger partial charge in [0.05, 0.1) is 0 Å². The third-order valence-electron chi connectivity index (χ3n) is 3.99. The van der Waals surface area contributed by atoms with Crippen molar-refractivity contribution in [2.24, 2.45) is 0 Å². The van der Waals surface area contributed by atoms with E-state index in [1.807, 2.05) is 13.0 Å². The van der Waals surface area contributed by atoms with E-state index in [9.17, 15) is 14.0 Å². The van der Waals surface area contributed by atoms with Crippen molar-refractivity contribution in [1.29, 1.82) is 0 Å². The van der Waals surface area contributed by atoms with Crippen molar-refractivity contribution >= 4 is 35.0 Å². The maximum Gasteiger partial charge on any atom is 0.252 e. The standard InChI is InChI=1S/C20H21Cl2FN2O2/c1-2-4-18(25-19(26)14-5-3-6-16(23)11-14)20(27)24-10-9-13-7-8-15(21)12-17(13)22/h3,5-8,11-12,18H,2,4,9-10H2,1H3,(H,24,27)(H,25,26). The third-order valence-corrected chi connectivity index (χ3v) is 4.58. The summed E-state index contributed by atoms with van der Waals surface area (Å²) in [7, 11) is 0. The topological polar surface area (TPSA) is 58.2 Å². The minimum absolute atomic E-state index is 0.178. The summed E-state index contributed by atoms with van der Waals surface area (Å²) in [6.45, 7) is 2.29. The number of rotatable bonds is 8. The predicted molar refractivity (Wildman–Crippen MR) is 106 cm³/mol. The Kier molecular flexibility index (Phi) is 8.07. The molecule has 0 radical (unpaired) electrons. The number of nitrogens with one attached hydrogen (secondary N) is 2. The molecule has 0 aliphatic rings. The highest BCUT2D eigenvalue weighted by Gasteiger charge is 2.20. The first-order valence-corrected chi connectivity index (χ1v) is 9.44. The molecule has 0 spiro atoms. The van der Waals surface area contributed by atoms with Crippen LogP contribution in [0.1, 0.15) is 35.7 Å². The second-order valence-corrected chi connectivity index (χ2v) is 6.95. The Morgan fingerprint density at radius 2 is 1.93 bits per heavy atom. The molecule has 2 rings (SSSR count). The minimum Gasteiger partial charge on any atom is -0.354 e. The zero-order valence-corrected chi connectivity index (χ0v) is 16.4. The van der Waals surface area contributed by atoms with Crippen LogP contribution in [0.2, 0.25) is 10.0 Å². The van der Waals surface area contributed by atoms with Gasteiger partial charge in [-0.2, -0.15) is 0 Å². The van der Waals surface area contributed by atoms with Crippen LogP contribution in [-0.2, 0) is 11.2 Å². The van der Waals surface area contributed by atoms with Crippen LogP contribution >= 0.6 is 23.2 Å². The Morgan fingerprint density at radius 1 is 1.15 bits per heavy atom. The van der Waals surface area contributed by atoms with Gasteiger partial charge in [0.25, 0.3) is 5.91 Å². The SMILES string of the molecule is CCCC(NC(=O)c1cccc(F)c1)C(=O)NCCc1ccc(Cl)cc1Cl. The van der Waals surface area contributed by atoms with Crippen LogP contribution in [0.25, 0.3) is 0 Å². The van der Waals surface area contributed by atoms with Gasteiger partial charge in [0, 0.05) is 22.2 Å². The van der Waals surface area contributed by atoms with E-state index in [4.69, 9.17) is 23.2 Å². The zero-order chi connectivity index (χ0) is 19.8. The highest BCUT2D eigenvalue weighted by molar-refractivity contribution is 6.35. The molecule has 0 aliphatic carbocycles. The molecule has 0 fully saturated rings. The lowest BCUT2D eigenvalue weighted by Crippen LogP contribution is -2.47. The van der Waals surface area contributed by atoms with Crippen molar-refractivity contribution in [3.63, 3.8) is 0 Å². The Morgan fingerprint density at radius 3 is 2.59 bits per heavy atom. The van der Waals surface area contributed by atoms with Gasteiger partial charge < -0.3 is 10.6 Å². The Labute approximate surface area is 168 Å². The molecule has 0 saturated heterocycles. The van der Waals surface area contributed by atoms with Crippen LogP contribution in [-0.4, -0.2) is 24.4 Å². The van der Waals surface area contributed by atoms with Crippen molar-refractivity contribution in [3.05, 3.63) is 69.5 Å². The van der Waals surface area contributed by atoms with E-state index in [2.05, 4.69) is 10.6 Å². The van der Waals surface area contributed by atoms with Gasteiger partial charge in [-0.15, -0.1) is 0 Å². The van der Waals surface area contributed by atoms with E-state index < -0.39 is 17.8 Å². The summed E-state index contributed by atoms with van der Waals surface area (Å²) < 4.78 is 13.3. The summed E-state index contributed by atoms with van der Waals surface area (Å²) in [6, 6.07) is 9.87. The molecule has 2 aromatic carbocycles. The molecule has 2 N–H and O–H groups in total. The average molecular weight is 411 g/mol. The van der Waals surface area contributed by atoms with Crippen molar-refractivity contribution in [1.82, 2.24) is 10.6 Å². The molecule has 4 nitrogen and oxygen atoms in total. The molecule has 144 valence electrons. The molecule has 2 amide bonds. The van der Waals surface area contributed by atoms with Crippen LogP contribution in [0, 0.1) is 5.82 Å².